The summed E-state index contributed by atoms with van der Waals surface area (Å²) in [4.78, 5) is 5.78. The van der Waals surface area contributed by atoms with Crippen molar-refractivity contribution in [2.45, 2.75) is 24.8 Å². The summed E-state index contributed by atoms with van der Waals surface area (Å²) >= 11 is 0. The van der Waals surface area contributed by atoms with Gasteiger partial charge in [-0.1, -0.05) is 6.07 Å². The van der Waals surface area contributed by atoms with E-state index in [-0.39, 0.29) is 35.8 Å². The summed E-state index contributed by atoms with van der Waals surface area (Å²) in [5, 5.41) is 13.3. The van der Waals surface area contributed by atoms with Crippen molar-refractivity contribution in [3.63, 3.8) is 0 Å². The lowest BCUT2D eigenvalue weighted by molar-refractivity contribution is -0.0675. The molecular weight excluding hydrogens is 468 g/mol. The molecular formula is C22H26F4N8O. The molecule has 0 saturated carbocycles. The van der Waals surface area contributed by atoms with E-state index in [1.165, 1.54) is 17.7 Å². The maximum absolute atomic E-state index is 15.2. The molecule has 1 fully saturated rings. The first-order valence-electron chi connectivity index (χ1n) is 11.0. The predicted octanol–water partition coefficient (Wildman–Crippen LogP) is 4.73. The largest absolute Gasteiger partial charge is 0.479 e. The minimum Gasteiger partial charge on any atom is -0.479 e. The lowest BCUT2D eigenvalue weighted by Gasteiger charge is -2.36. The number of rotatable bonds is 9. The van der Waals surface area contributed by atoms with Crippen LogP contribution < -0.4 is 15.4 Å². The van der Waals surface area contributed by atoms with E-state index in [4.69, 9.17) is 10.3 Å². The third kappa shape index (κ3) is 4.99. The van der Waals surface area contributed by atoms with Crippen molar-refractivity contribution in [1.82, 2.24) is 19.5 Å². The Morgan fingerprint density at radius 3 is 2.83 bits per heavy atom. The zero-order chi connectivity index (χ0) is 25.2. The summed E-state index contributed by atoms with van der Waals surface area (Å²) in [6.07, 6.45) is 1.56. The van der Waals surface area contributed by atoms with Crippen LogP contribution in [-0.2, 0) is 0 Å². The molecule has 9 nitrogen and oxygen atoms in total. The number of nitrogens with zero attached hydrogens (tertiary/aromatic N) is 5. The highest BCUT2D eigenvalue weighted by atomic mass is 19.3. The van der Waals surface area contributed by atoms with Gasteiger partial charge >= 0.3 is 0 Å². The van der Waals surface area contributed by atoms with E-state index < -0.39 is 31.0 Å². The molecule has 0 amide bonds. The molecule has 3 heterocycles. The Labute approximate surface area is 199 Å². The number of ether oxygens (including phenoxy) is 1. The van der Waals surface area contributed by atoms with Crippen molar-refractivity contribution in [3.05, 3.63) is 30.2 Å². The van der Waals surface area contributed by atoms with Gasteiger partial charge < -0.3 is 20.3 Å². The second kappa shape index (κ2) is 10.0. The molecule has 2 aromatic heterocycles. The Morgan fingerprint density at radius 2 is 2.14 bits per heavy atom. The van der Waals surface area contributed by atoms with Crippen LogP contribution >= 0.6 is 0 Å². The summed E-state index contributed by atoms with van der Waals surface area (Å²) in [6, 6.07) is 3.53. The highest BCUT2D eigenvalue weighted by molar-refractivity contribution is 5.88. The topological polar surface area (TPSA) is 103 Å². The van der Waals surface area contributed by atoms with Gasteiger partial charge in [0.05, 0.1) is 43.8 Å². The van der Waals surface area contributed by atoms with Gasteiger partial charge in [-0.25, -0.2) is 23.2 Å². The van der Waals surface area contributed by atoms with Gasteiger partial charge in [0.25, 0.3) is 5.92 Å². The van der Waals surface area contributed by atoms with Crippen molar-refractivity contribution in [2.24, 2.45) is 5.11 Å². The minimum atomic E-state index is -3.00. The molecule has 3 aromatic rings. The monoisotopic (exact) mass is 494 g/mol. The Hall–Kier alpha value is -3.48. The quantitative estimate of drug-likeness (QED) is 0.226. The van der Waals surface area contributed by atoms with Gasteiger partial charge in [0.1, 0.15) is 11.2 Å². The Balaban J connectivity index is 1.73. The van der Waals surface area contributed by atoms with Crippen LogP contribution in [-0.4, -0.2) is 71.9 Å². The van der Waals surface area contributed by atoms with E-state index >= 15 is 4.39 Å². The minimum absolute atomic E-state index is 0.00108. The van der Waals surface area contributed by atoms with E-state index in [0.717, 1.165) is 6.20 Å². The predicted molar refractivity (Wildman–Crippen MR) is 123 cm³/mol. The number of piperidine rings is 1. The smallest absolute Gasteiger partial charge is 0.280 e. The summed E-state index contributed by atoms with van der Waals surface area (Å²) in [7, 11) is 2.98. The van der Waals surface area contributed by atoms with Crippen molar-refractivity contribution in [3.8, 4) is 17.0 Å². The number of methoxy groups -OCH3 is 1. The molecule has 188 valence electrons. The lowest BCUT2D eigenvalue weighted by atomic mass is 10.0. The van der Waals surface area contributed by atoms with E-state index in [9.17, 15) is 13.2 Å². The molecule has 3 N–H and O–H groups in total. The Bertz CT molecular complexity index is 1220. The van der Waals surface area contributed by atoms with Crippen LogP contribution in [0.15, 0.2) is 29.5 Å². The third-order valence-corrected chi connectivity index (χ3v) is 5.87. The molecule has 0 aliphatic carbocycles. The molecule has 1 aliphatic rings. The molecule has 0 radical (unpaired) electrons. The molecule has 0 unspecified atom stereocenters. The Kier molecular flexibility index (Phi) is 7.05. The first kappa shape index (κ1) is 24.6. The van der Waals surface area contributed by atoms with Crippen LogP contribution in [0, 0.1) is 11.3 Å². The third-order valence-electron chi connectivity index (χ3n) is 5.87. The summed E-state index contributed by atoms with van der Waals surface area (Å²) in [5.41, 5.74) is 8.85. The maximum Gasteiger partial charge on any atom is 0.280 e. The van der Waals surface area contributed by atoms with Crippen molar-refractivity contribution in [2.75, 3.05) is 51.1 Å². The molecule has 1 aromatic carbocycles. The average molecular weight is 494 g/mol. The highest BCUT2D eigenvalue weighted by Crippen LogP contribution is 2.38. The first-order valence-corrected chi connectivity index (χ1v) is 11.0. The van der Waals surface area contributed by atoms with Gasteiger partial charge in [-0.2, -0.15) is 10.1 Å². The molecule has 0 spiro atoms. The molecule has 35 heavy (non-hydrogen) atoms. The number of likely N-dealkylation sites (tertiary alicyclic amines) is 1. The number of hydrogen-bond donors (Lipinski definition) is 3. The van der Waals surface area contributed by atoms with Gasteiger partial charge in [-0.05, 0) is 37.6 Å². The van der Waals surface area contributed by atoms with Crippen LogP contribution in [0.1, 0.15) is 12.8 Å². The molecule has 0 bridgehead atoms. The number of fused-ring (bicyclic) bond motifs is 1. The fourth-order valence-electron chi connectivity index (χ4n) is 4.16. The molecule has 4 rings (SSSR count). The lowest BCUT2D eigenvalue weighted by Crippen LogP contribution is -2.53. The first-order chi connectivity index (χ1) is 16.8. The summed E-state index contributed by atoms with van der Waals surface area (Å²) < 4.78 is 63.2. The van der Waals surface area contributed by atoms with Crippen LogP contribution in [0.5, 0.6) is 5.88 Å². The fraction of sp³-hybridized carbons (Fsp3) is 0.455. The van der Waals surface area contributed by atoms with E-state index in [2.05, 4.69) is 25.8 Å². The van der Waals surface area contributed by atoms with Gasteiger partial charge in [-0.3, -0.25) is 4.39 Å². The number of anilines is 2. The molecule has 1 aliphatic heterocycles. The number of hydrogen-bond acceptors (Lipinski definition) is 8. The average Bonchev–Trinajstić information content (AvgIpc) is 3.15. The number of nitrogens with one attached hydrogen (secondary N) is 3. The number of aromatic nitrogens is 3. The zero-order valence-corrected chi connectivity index (χ0v) is 19.3. The molecule has 13 heteroatoms. The van der Waals surface area contributed by atoms with Crippen LogP contribution in [0.2, 0.25) is 0 Å². The zero-order valence-electron chi connectivity index (χ0n) is 19.3. The molecule has 1 saturated heterocycles. The maximum atomic E-state index is 15.2. The fourth-order valence-corrected chi connectivity index (χ4v) is 4.16. The van der Waals surface area contributed by atoms with E-state index in [1.54, 1.807) is 24.1 Å². The normalized spacial score (nSPS) is 17.9. The van der Waals surface area contributed by atoms with Gasteiger partial charge in [0.15, 0.2) is 5.82 Å². The summed E-state index contributed by atoms with van der Waals surface area (Å²) in [5.74, 6) is -3.74. The number of benzene rings is 1. The van der Waals surface area contributed by atoms with Crippen LogP contribution in [0.3, 0.4) is 0 Å². The van der Waals surface area contributed by atoms with Crippen LogP contribution in [0.25, 0.3) is 16.6 Å². The SMILES string of the molecule is COc1nc(N[C@@H]2CCN(C)CC2(F)F)nn2cc(F)c(-c3ccc(N=N)c(NCCCF)c3)c12. The standard InChI is InChI=1S/C22H26F4N8O/c1-33-9-6-17(22(25,26)12-33)29-21-30-20(35-2)19-18(14(24)11-34(19)32-21)13-4-5-15(31-27)16(10-13)28-8-3-7-23/h4-5,10-11,17,27-28H,3,6-9,12H2,1-2H3,(H,29,32)/t17-/m1/s1. The van der Waals surface area contributed by atoms with Crippen molar-refractivity contribution >= 4 is 22.8 Å². The second-order valence-electron chi connectivity index (χ2n) is 8.39. The Morgan fingerprint density at radius 1 is 1.34 bits per heavy atom. The van der Waals surface area contributed by atoms with Gasteiger partial charge in [-0.15, -0.1) is 5.10 Å². The van der Waals surface area contributed by atoms with E-state index in [0.29, 0.717) is 30.0 Å². The number of alkyl halides is 3. The second-order valence-corrected chi connectivity index (χ2v) is 8.39. The highest BCUT2D eigenvalue weighted by Gasteiger charge is 2.44. The van der Waals surface area contributed by atoms with Crippen LogP contribution in [0.4, 0.5) is 34.9 Å². The van der Waals surface area contributed by atoms with Crippen molar-refractivity contribution in [1.29, 1.82) is 5.53 Å². The van der Waals surface area contributed by atoms with Gasteiger partial charge in [0.2, 0.25) is 11.8 Å². The van der Waals surface area contributed by atoms with Gasteiger partial charge in [0, 0.05) is 13.1 Å². The summed E-state index contributed by atoms with van der Waals surface area (Å²) in [6.45, 7) is -0.108. The van der Waals surface area contributed by atoms with Crippen molar-refractivity contribution < 1.29 is 22.3 Å². The van der Waals surface area contributed by atoms with E-state index in [1.807, 2.05) is 0 Å². The number of halogens is 4. The molecule has 1 atom stereocenters.